The summed E-state index contributed by atoms with van der Waals surface area (Å²) < 4.78 is 12.8. The molecule has 0 spiro atoms. The number of nitrogens with zero attached hydrogens (tertiary/aromatic N) is 1. The average Bonchev–Trinajstić information content (AvgIpc) is 2.69. The standard InChI is InChI=1S/C22H33NO4/c1-4-6-8-10-14-23-19-16-17(26-3)12-13-18(19)21(20(24)22(23)25)27-15-11-9-7-5-2/h12-13,16,24H,4-11,14-15H2,1-3H3. The van der Waals surface area contributed by atoms with Crippen LogP contribution in [0.3, 0.4) is 0 Å². The Morgan fingerprint density at radius 3 is 2.37 bits per heavy atom. The average molecular weight is 376 g/mol. The molecule has 1 aromatic carbocycles. The second-order valence-electron chi connectivity index (χ2n) is 6.99. The van der Waals surface area contributed by atoms with Gasteiger partial charge in [0.1, 0.15) is 5.75 Å². The van der Waals surface area contributed by atoms with Crippen molar-refractivity contribution in [2.75, 3.05) is 13.7 Å². The van der Waals surface area contributed by atoms with Gasteiger partial charge in [-0.2, -0.15) is 0 Å². The highest BCUT2D eigenvalue weighted by Crippen LogP contribution is 2.34. The third-order valence-corrected chi connectivity index (χ3v) is 4.88. The maximum absolute atomic E-state index is 12.8. The van der Waals surface area contributed by atoms with Crippen LogP contribution >= 0.6 is 0 Å². The predicted molar refractivity (Wildman–Crippen MR) is 110 cm³/mol. The number of hydrogen-bond acceptors (Lipinski definition) is 4. The number of aromatic hydroxyl groups is 1. The lowest BCUT2D eigenvalue weighted by Crippen LogP contribution is -2.21. The third kappa shape index (κ3) is 5.41. The van der Waals surface area contributed by atoms with Crippen LogP contribution in [0, 0.1) is 0 Å². The molecule has 0 aliphatic carbocycles. The van der Waals surface area contributed by atoms with E-state index in [0.29, 0.717) is 24.7 Å². The summed E-state index contributed by atoms with van der Waals surface area (Å²) in [6.45, 7) is 5.39. The molecule has 0 aliphatic heterocycles. The van der Waals surface area contributed by atoms with Gasteiger partial charge in [0.05, 0.1) is 19.2 Å². The Kier molecular flexibility index (Phi) is 8.49. The molecule has 0 radical (unpaired) electrons. The van der Waals surface area contributed by atoms with Crippen LogP contribution in [-0.2, 0) is 6.54 Å². The highest BCUT2D eigenvalue weighted by molar-refractivity contribution is 5.88. The topological polar surface area (TPSA) is 60.7 Å². The number of benzene rings is 1. The predicted octanol–water partition coefficient (Wildman–Crippen LogP) is 5.26. The molecule has 27 heavy (non-hydrogen) atoms. The number of pyridine rings is 1. The van der Waals surface area contributed by atoms with Gasteiger partial charge in [0.15, 0.2) is 5.75 Å². The summed E-state index contributed by atoms with van der Waals surface area (Å²) in [4.78, 5) is 12.8. The highest BCUT2D eigenvalue weighted by atomic mass is 16.5. The van der Waals surface area contributed by atoms with Gasteiger partial charge in [0.2, 0.25) is 5.75 Å². The molecule has 0 unspecified atom stereocenters. The zero-order chi connectivity index (χ0) is 19.6. The normalized spacial score (nSPS) is 11.1. The lowest BCUT2D eigenvalue weighted by Gasteiger charge is -2.16. The zero-order valence-electron chi connectivity index (χ0n) is 16.9. The maximum atomic E-state index is 12.8. The van der Waals surface area contributed by atoms with E-state index in [-0.39, 0.29) is 5.75 Å². The first-order valence-electron chi connectivity index (χ1n) is 10.2. The molecule has 0 fully saturated rings. The first-order valence-corrected chi connectivity index (χ1v) is 10.2. The van der Waals surface area contributed by atoms with Crippen molar-refractivity contribution in [3.8, 4) is 17.2 Å². The van der Waals surface area contributed by atoms with Crippen molar-refractivity contribution >= 4 is 10.9 Å². The number of hydrogen-bond donors (Lipinski definition) is 1. The molecule has 5 heteroatoms. The van der Waals surface area contributed by atoms with Gasteiger partial charge in [0, 0.05) is 18.0 Å². The molecule has 0 bridgehead atoms. The van der Waals surface area contributed by atoms with Crippen molar-refractivity contribution in [2.45, 2.75) is 71.8 Å². The van der Waals surface area contributed by atoms with E-state index in [2.05, 4.69) is 13.8 Å². The number of methoxy groups -OCH3 is 1. The van der Waals surface area contributed by atoms with Crippen LogP contribution in [0.25, 0.3) is 10.9 Å². The van der Waals surface area contributed by atoms with E-state index in [1.165, 1.54) is 0 Å². The Hall–Kier alpha value is -2.17. The van der Waals surface area contributed by atoms with Gasteiger partial charge in [-0.15, -0.1) is 0 Å². The van der Waals surface area contributed by atoms with Gasteiger partial charge in [-0.05, 0) is 25.0 Å². The van der Waals surface area contributed by atoms with Gasteiger partial charge in [-0.25, -0.2) is 0 Å². The molecular weight excluding hydrogens is 342 g/mol. The molecule has 2 rings (SSSR count). The van der Waals surface area contributed by atoms with Crippen molar-refractivity contribution in [2.24, 2.45) is 0 Å². The summed E-state index contributed by atoms with van der Waals surface area (Å²) in [6.07, 6.45) is 8.54. The lowest BCUT2D eigenvalue weighted by molar-refractivity contribution is 0.290. The monoisotopic (exact) mass is 375 g/mol. The van der Waals surface area contributed by atoms with E-state index in [1.807, 2.05) is 18.2 Å². The molecule has 1 aromatic heterocycles. The Morgan fingerprint density at radius 2 is 1.70 bits per heavy atom. The summed E-state index contributed by atoms with van der Waals surface area (Å²) in [5.41, 5.74) is 0.355. The van der Waals surface area contributed by atoms with Crippen LogP contribution < -0.4 is 15.0 Å². The van der Waals surface area contributed by atoms with Gasteiger partial charge < -0.3 is 19.1 Å². The Balaban J connectivity index is 2.36. The summed E-state index contributed by atoms with van der Waals surface area (Å²) in [7, 11) is 1.61. The fourth-order valence-corrected chi connectivity index (χ4v) is 3.28. The quantitative estimate of drug-likeness (QED) is 0.514. The van der Waals surface area contributed by atoms with E-state index in [4.69, 9.17) is 9.47 Å². The summed E-state index contributed by atoms with van der Waals surface area (Å²) in [5.74, 6) is 0.682. The van der Waals surface area contributed by atoms with Crippen LogP contribution in [0.4, 0.5) is 0 Å². The smallest absolute Gasteiger partial charge is 0.297 e. The van der Waals surface area contributed by atoms with Crippen molar-refractivity contribution in [3.63, 3.8) is 0 Å². The van der Waals surface area contributed by atoms with Crippen molar-refractivity contribution in [1.82, 2.24) is 4.57 Å². The molecule has 0 amide bonds. The van der Waals surface area contributed by atoms with Crippen LogP contribution in [0.15, 0.2) is 23.0 Å². The second kappa shape index (κ2) is 10.9. The Morgan fingerprint density at radius 1 is 1.00 bits per heavy atom. The van der Waals surface area contributed by atoms with Crippen molar-refractivity contribution in [3.05, 3.63) is 28.6 Å². The van der Waals surface area contributed by atoms with Crippen LogP contribution in [0.5, 0.6) is 17.2 Å². The number of unbranched alkanes of at least 4 members (excludes halogenated alkanes) is 6. The first kappa shape index (κ1) is 21.1. The van der Waals surface area contributed by atoms with E-state index < -0.39 is 5.56 Å². The van der Waals surface area contributed by atoms with Crippen LogP contribution in [0.2, 0.25) is 0 Å². The van der Waals surface area contributed by atoms with Crippen molar-refractivity contribution < 1.29 is 14.6 Å². The molecule has 0 aliphatic rings. The largest absolute Gasteiger partial charge is 0.500 e. The second-order valence-corrected chi connectivity index (χ2v) is 6.99. The van der Waals surface area contributed by atoms with Gasteiger partial charge in [-0.3, -0.25) is 4.79 Å². The van der Waals surface area contributed by atoms with E-state index in [0.717, 1.165) is 62.3 Å². The maximum Gasteiger partial charge on any atom is 0.297 e. The fraction of sp³-hybridized carbons (Fsp3) is 0.591. The Labute approximate surface area is 161 Å². The molecule has 5 nitrogen and oxygen atoms in total. The molecule has 150 valence electrons. The van der Waals surface area contributed by atoms with Gasteiger partial charge in [-0.1, -0.05) is 52.4 Å². The van der Waals surface area contributed by atoms with Crippen LogP contribution in [0.1, 0.15) is 65.2 Å². The summed E-state index contributed by atoms with van der Waals surface area (Å²) in [5, 5.41) is 11.3. The summed E-state index contributed by atoms with van der Waals surface area (Å²) >= 11 is 0. The third-order valence-electron chi connectivity index (χ3n) is 4.88. The molecule has 0 saturated heterocycles. The van der Waals surface area contributed by atoms with E-state index >= 15 is 0 Å². The number of aromatic nitrogens is 1. The minimum absolute atomic E-state index is 0.291. The molecule has 0 saturated carbocycles. The molecule has 1 N–H and O–H groups in total. The number of aryl methyl sites for hydroxylation is 1. The van der Waals surface area contributed by atoms with E-state index in [9.17, 15) is 9.90 Å². The number of ether oxygens (including phenoxy) is 2. The minimum Gasteiger partial charge on any atom is -0.500 e. The molecule has 1 heterocycles. The fourth-order valence-electron chi connectivity index (χ4n) is 3.28. The first-order chi connectivity index (χ1) is 13.1. The number of fused-ring (bicyclic) bond motifs is 1. The van der Waals surface area contributed by atoms with Gasteiger partial charge in [0.25, 0.3) is 5.56 Å². The minimum atomic E-state index is -0.393. The highest BCUT2D eigenvalue weighted by Gasteiger charge is 2.18. The Bertz CT molecular complexity index is 782. The van der Waals surface area contributed by atoms with Crippen LogP contribution in [-0.4, -0.2) is 23.4 Å². The number of rotatable bonds is 12. The molecule has 2 aromatic rings. The molecular formula is C22H33NO4. The van der Waals surface area contributed by atoms with E-state index in [1.54, 1.807) is 11.7 Å². The molecule has 0 atom stereocenters. The zero-order valence-corrected chi connectivity index (χ0v) is 16.9. The SMILES string of the molecule is CCCCCCOc1c(O)c(=O)n(CCCCCC)c2cc(OC)ccc12. The summed E-state index contributed by atoms with van der Waals surface area (Å²) in [6, 6.07) is 5.54. The van der Waals surface area contributed by atoms with Crippen molar-refractivity contribution in [1.29, 1.82) is 0 Å². The van der Waals surface area contributed by atoms with Gasteiger partial charge >= 0.3 is 0 Å². The lowest BCUT2D eigenvalue weighted by atomic mass is 10.1.